The fourth-order valence-electron chi connectivity index (χ4n) is 2.55. The molecule has 0 bridgehead atoms. The summed E-state index contributed by atoms with van der Waals surface area (Å²) in [7, 11) is 1.58. The molecular weight excluding hydrogens is 360 g/mol. The van der Waals surface area contributed by atoms with Crippen molar-refractivity contribution < 1.29 is 14.3 Å². The number of ether oxygens (including phenoxy) is 2. The molecular formula is C21H22N2O3S. The van der Waals surface area contributed by atoms with E-state index in [9.17, 15) is 4.79 Å². The zero-order chi connectivity index (χ0) is 19.2. The van der Waals surface area contributed by atoms with Crippen molar-refractivity contribution in [2.45, 2.75) is 26.9 Å². The minimum Gasteiger partial charge on any atom is -0.495 e. The van der Waals surface area contributed by atoms with Crippen LogP contribution in [0.15, 0.2) is 47.8 Å². The van der Waals surface area contributed by atoms with Gasteiger partial charge < -0.3 is 14.8 Å². The largest absolute Gasteiger partial charge is 0.495 e. The summed E-state index contributed by atoms with van der Waals surface area (Å²) in [6.07, 6.45) is 0.206. The number of thiazole rings is 1. The molecule has 0 radical (unpaired) electrons. The number of rotatable bonds is 7. The molecule has 3 rings (SSSR count). The number of aryl methyl sites for hydroxylation is 2. The average Bonchev–Trinajstić information content (AvgIpc) is 3.08. The Labute approximate surface area is 163 Å². The van der Waals surface area contributed by atoms with Crippen molar-refractivity contribution >= 4 is 22.9 Å². The van der Waals surface area contributed by atoms with Gasteiger partial charge in [0.1, 0.15) is 23.1 Å². The van der Waals surface area contributed by atoms with Gasteiger partial charge in [-0.25, -0.2) is 4.98 Å². The minimum absolute atomic E-state index is 0.129. The number of nitrogens with zero attached hydrogens (tertiary/aromatic N) is 1. The second-order valence-electron chi connectivity index (χ2n) is 6.26. The molecule has 1 heterocycles. The topological polar surface area (TPSA) is 60.5 Å². The number of aromatic nitrogens is 1. The van der Waals surface area contributed by atoms with Crippen molar-refractivity contribution in [1.29, 1.82) is 0 Å². The number of anilines is 1. The van der Waals surface area contributed by atoms with Gasteiger partial charge in [-0.15, -0.1) is 11.3 Å². The van der Waals surface area contributed by atoms with Gasteiger partial charge in [-0.05, 0) is 43.7 Å². The zero-order valence-electron chi connectivity index (χ0n) is 15.6. The minimum atomic E-state index is -0.129. The van der Waals surface area contributed by atoms with Crippen molar-refractivity contribution in [3.8, 4) is 11.5 Å². The Morgan fingerprint density at radius 2 is 1.85 bits per heavy atom. The van der Waals surface area contributed by atoms with Crippen molar-refractivity contribution in [2.75, 3.05) is 12.4 Å². The molecule has 2 aromatic carbocycles. The van der Waals surface area contributed by atoms with Gasteiger partial charge in [-0.3, -0.25) is 4.79 Å². The third kappa shape index (κ3) is 5.31. The Hall–Kier alpha value is -2.86. The summed E-state index contributed by atoms with van der Waals surface area (Å²) in [5.41, 5.74) is 3.64. The molecule has 6 heteroatoms. The number of carbonyl (C=O) groups excluding carboxylic acids is 1. The highest BCUT2D eigenvalue weighted by atomic mass is 32.1. The maximum Gasteiger partial charge on any atom is 0.230 e. The molecule has 1 N–H and O–H groups in total. The summed E-state index contributed by atoms with van der Waals surface area (Å²) < 4.78 is 11.0. The summed E-state index contributed by atoms with van der Waals surface area (Å²) in [5.74, 6) is 1.32. The van der Waals surface area contributed by atoms with Crippen LogP contribution in [0.1, 0.15) is 21.8 Å². The first-order valence-corrected chi connectivity index (χ1v) is 9.48. The lowest BCUT2D eigenvalue weighted by atomic mass is 10.2. The number of hydrogen-bond donors (Lipinski definition) is 1. The molecule has 0 spiro atoms. The molecule has 0 aliphatic rings. The van der Waals surface area contributed by atoms with Crippen LogP contribution >= 0.6 is 11.3 Å². The normalized spacial score (nSPS) is 10.5. The fourth-order valence-corrected chi connectivity index (χ4v) is 3.26. The van der Waals surface area contributed by atoms with Crippen LogP contribution in [0.4, 0.5) is 5.69 Å². The first-order valence-electron chi connectivity index (χ1n) is 8.61. The van der Waals surface area contributed by atoms with Gasteiger partial charge in [0, 0.05) is 5.38 Å². The van der Waals surface area contributed by atoms with Gasteiger partial charge in [0.05, 0.1) is 24.9 Å². The quantitative estimate of drug-likeness (QED) is 0.652. The van der Waals surface area contributed by atoms with E-state index < -0.39 is 0 Å². The monoisotopic (exact) mass is 382 g/mol. The van der Waals surface area contributed by atoms with Crippen molar-refractivity contribution in [3.63, 3.8) is 0 Å². The average molecular weight is 382 g/mol. The summed E-state index contributed by atoms with van der Waals surface area (Å²) in [5, 5.41) is 5.62. The highest BCUT2D eigenvalue weighted by Gasteiger charge is 2.11. The van der Waals surface area contributed by atoms with Crippen LogP contribution in [0.5, 0.6) is 11.5 Å². The molecule has 1 amide bonds. The van der Waals surface area contributed by atoms with E-state index in [1.54, 1.807) is 7.11 Å². The van der Waals surface area contributed by atoms with E-state index in [1.807, 2.05) is 61.7 Å². The third-order valence-corrected chi connectivity index (χ3v) is 4.82. The first-order chi connectivity index (χ1) is 13.0. The molecule has 0 fully saturated rings. The summed E-state index contributed by atoms with van der Waals surface area (Å²) in [6.45, 7) is 4.39. The lowest BCUT2D eigenvalue weighted by Crippen LogP contribution is -2.15. The van der Waals surface area contributed by atoms with Crippen LogP contribution in [0.2, 0.25) is 0 Å². The number of benzene rings is 2. The molecule has 0 saturated heterocycles. The molecule has 140 valence electrons. The molecule has 5 nitrogen and oxygen atoms in total. The van der Waals surface area contributed by atoms with Crippen molar-refractivity contribution in [2.24, 2.45) is 0 Å². The molecule has 0 aliphatic heterocycles. The Kier molecular flexibility index (Phi) is 6.08. The van der Waals surface area contributed by atoms with Crippen molar-refractivity contribution in [3.05, 3.63) is 69.7 Å². The molecule has 0 aliphatic carbocycles. The summed E-state index contributed by atoms with van der Waals surface area (Å²) in [6, 6.07) is 13.6. The van der Waals surface area contributed by atoms with Crippen LogP contribution in [-0.4, -0.2) is 18.0 Å². The van der Waals surface area contributed by atoms with Crippen LogP contribution in [-0.2, 0) is 17.8 Å². The van der Waals surface area contributed by atoms with Crippen LogP contribution in [0.25, 0.3) is 0 Å². The van der Waals surface area contributed by atoms with E-state index in [0.717, 1.165) is 22.0 Å². The van der Waals surface area contributed by atoms with E-state index in [1.165, 1.54) is 16.9 Å². The van der Waals surface area contributed by atoms with Gasteiger partial charge in [0.25, 0.3) is 0 Å². The molecule has 0 unspecified atom stereocenters. The number of carbonyl (C=O) groups is 1. The Morgan fingerprint density at radius 1 is 1.11 bits per heavy atom. The number of hydrogen-bond acceptors (Lipinski definition) is 5. The Bertz CT molecular complexity index is 919. The number of methoxy groups -OCH3 is 1. The SMILES string of the molecule is COc1ccc(C)cc1NC(=O)Cc1csc(COc2ccc(C)cc2)n1. The summed E-state index contributed by atoms with van der Waals surface area (Å²) in [4.78, 5) is 16.8. The first kappa shape index (κ1) is 18.9. The molecule has 27 heavy (non-hydrogen) atoms. The lowest BCUT2D eigenvalue weighted by Gasteiger charge is -2.10. The van der Waals surface area contributed by atoms with Crippen LogP contribution < -0.4 is 14.8 Å². The zero-order valence-corrected chi connectivity index (χ0v) is 16.4. The Balaban J connectivity index is 1.56. The standard InChI is InChI=1S/C21H22N2O3S/c1-14-4-7-17(8-5-14)26-12-21-22-16(13-27-21)11-20(24)23-18-10-15(2)6-9-19(18)25-3/h4-10,13H,11-12H2,1-3H3,(H,23,24). The van der Waals surface area contributed by atoms with Gasteiger partial charge in [-0.2, -0.15) is 0 Å². The fraction of sp³-hybridized carbons (Fsp3) is 0.238. The second kappa shape index (κ2) is 8.68. The van der Waals surface area contributed by atoms with E-state index in [-0.39, 0.29) is 12.3 Å². The smallest absolute Gasteiger partial charge is 0.230 e. The maximum atomic E-state index is 12.3. The van der Waals surface area contributed by atoms with E-state index in [2.05, 4.69) is 10.3 Å². The molecule has 3 aromatic rings. The maximum absolute atomic E-state index is 12.3. The third-order valence-electron chi connectivity index (χ3n) is 3.95. The highest BCUT2D eigenvalue weighted by molar-refractivity contribution is 7.09. The van der Waals surface area contributed by atoms with Gasteiger partial charge >= 0.3 is 0 Å². The highest BCUT2D eigenvalue weighted by Crippen LogP contribution is 2.25. The van der Waals surface area contributed by atoms with Crippen LogP contribution in [0, 0.1) is 13.8 Å². The molecule has 1 aromatic heterocycles. The van der Waals surface area contributed by atoms with E-state index in [4.69, 9.17) is 9.47 Å². The summed E-state index contributed by atoms with van der Waals surface area (Å²) >= 11 is 1.49. The van der Waals surface area contributed by atoms with Crippen LogP contribution in [0.3, 0.4) is 0 Å². The van der Waals surface area contributed by atoms with E-state index >= 15 is 0 Å². The van der Waals surface area contributed by atoms with Gasteiger partial charge in [0.2, 0.25) is 5.91 Å². The van der Waals surface area contributed by atoms with E-state index in [0.29, 0.717) is 18.0 Å². The predicted octanol–water partition coefficient (Wildman–Crippen LogP) is 4.53. The number of amides is 1. The predicted molar refractivity (Wildman–Crippen MR) is 108 cm³/mol. The van der Waals surface area contributed by atoms with Gasteiger partial charge in [-0.1, -0.05) is 23.8 Å². The van der Waals surface area contributed by atoms with Gasteiger partial charge in [0.15, 0.2) is 0 Å². The lowest BCUT2D eigenvalue weighted by molar-refractivity contribution is -0.115. The molecule has 0 atom stereocenters. The number of nitrogens with one attached hydrogen (secondary N) is 1. The Morgan fingerprint density at radius 3 is 2.59 bits per heavy atom. The van der Waals surface area contributed by atoms with Crippen molar-refractivity contribution in [1.82, 2.24) is 4.98 Å². The molecule has 0 saturated carbocycles. The second-order valence-corrected chi connectivity index (χ2v) is 7.21.